The number of benzene rings is 1. The molecule has 6 heteroatoms. The number of rotatable bonds is 3. The van der Waals surface area contributed by atoms with Crippen molar-refractivity contribution >= 4 is 10.0 Å². The van der Waals surface area contributed by atoms with Crippen molar-refractivity contribution in [1.82, 2.24) is 4.47 Å². The van der Waals surface area contributed by atoms with Crippen molar-refractivity contribution in [2.24, 2.45) is 0 Å². The number of hydrogen-bond acceptors (Lipinski definition) is 4. The lowest BCUT2D eigenvalue weighted by Gasteiger charge is -2.14. The molecule has 1 fully saturated rings. The lowest BCUT2D eigenvalue weighted by atomic mass is 10.3. The van der Waals surface area contributed by atoms with Crippen LogP contribution in [0.3, 0.4) is 0 Å². The van der Waals surface area contributed by atoms with Crippen LogP contribution in [0.4, 0.5) is 0 Å². The van der Waals surface area contributed by atoms with Crippen LogP contribution < -0.4 is 4.74 Å². The molecule has 0 unspecified atom stereocenters. The summed E-state index contributed by atoms with van der Waals surface area (Å²) in [5, 5.41) is 0. The molecular weight excluding hydrogens is 230 g/mol. The Morgan fingerprint density at radius 1 is 1.31 bits per heavy atom. The van der Waals surface area contributed by atoms with Crippen molar-refractivity contribution in [3.8, 4) is 5.75 Å². The average molecular weight is 243 g/mol. The number of hydroxylamine groups is 1. The van der Waals surface area contributed by atoms with Gasteiger partial charge in [0, 0.05) is 6.54 Å². The summed E-state index contributed by atoms with van der Waals surface area (Å²) in [6.45, 7) is 0.865. The first-order valence-corrected chi connectivity index (χ1v) is 6.38. The molecule has 0 N–H and O–H groups in total. The predicted octanol–water partition coefficient (Wildman–Crippen LogP) is 1.02. The fourth-order valence-corrected chi connectivity index (χ4v) is 2.78. The predicted molar refractivity (Wildman–Crippen MR) is 57.5 cm³/mol. The van der Waals surface area contributed by atoms with Gasteiger partial charge in [-0.05, 0) is 30.7 Å². The molecule has 1 aliphatic rings. The Hall–Kier alpha value is -1.11. The average Bonchev–Trinajstić information content (AvgIpc) is 2.83. The van der Waals surface area contributed by atoms with E-state index in [1.165, 1.54) is 19.2 Å². The van der Waals surface area contributed by atoms with Gasteiger partial charge < -0.3 is 4.74 Å². The molecule has 0 atom stereocenters. The normalized spacial score (nSPS) is 17.6. The second-order valence-corrected chi connectivity index (χ2v) is 5.22. The highest BCUT2D eigenvalue weighted by molar-refractivity contribution is 7.89. The van der Waals surface area contributed by atoms with Gasteiger partial charge in [-0.25, -0.2) is 8.42 Å². The lowest BCUT2D eigenvalue weighted by Crippen LogP contribution is -2.26. The zero-order valence-electron chi connectivity index (χ0n) is 8.92. The first-order valence-electron chi connectivity index (χ1n) is 4.94. The summed E-state index contributed by atoms with van der Waals surface area (Å²) < 4.78 is 30.0. The number of nitrogens with zero attached hydrogens (tertiary/aromatic N) is 1. The third kappa shape index (κ3) is 2.04. The van der Waals surface area contributed by atoms with E-state index >= 15 is 0 Å². The molecule has 16 heavy (non-hydrogen) atoms. The molecule has 1 aliphatic heterocycles. The summed E-state index contributed by atoms with van der Waals surface area (Å²) >= 11 is 0. The topological polar surface area (TPSA) is 55.8 Å². The highest BCUT2D eigenvalue weighted by atomic mass is 32.2. The third-order valence-electron chi connectivity index (χ3n) is 2.35. The highest BCUT2D eigenvalue weighted by Crippen LogP contribution is 2.21. The largest absolute Gasteiger partial charge is 0.497 e. The monoisotopic (exact) mass is 243 g/mol. The Bertz CT molecular complexity index is 448. The van der Waals surface area contributed by atoms with E-state index in [4.69, 9.17) is 9.57 Å². The van der Waals surface area contributed by atoms with Crippen LogP contribution in [0.1, 0.15) is 6.42 Å². The molecule has 1 saturated heterocycles. The minimum atomic E-state index is -3.51. The molecule has 0 spiro atoms. The van der Waals surface area contributed by atoms with E-state index in [-0.39, 0.29) is 4.90 Å². The van der Waals surface area contributed by atoms with Gasteiger partial charge in [0.05, 0.1) is 18.6 Å². The molecule has 5 nitrogen and oxygen atoms in total. The Labute approximate surface area is 94.6 Å². The van der Waals surface area contributed by atoms with E-state index in [9.17, 15) is 8.42 Å². The Morgan fingerprint density at radius 3 is 2.50 bits per heavy atom. The van der Waals surface area contributed by atoms with Gasteiger partial charge in [0.15, 0.2) is 0 Å². The fourth-order valence-electron chi connectivity index (χ4n) is 1.48. The van der Waals surface area contributed by atoms with Crippen molar-refractivity contribution in [3.63, 3.8) is 0 Å². The molecule has 0 radical (unpaired) electrons. The van der Waals surface area contributed by atoms with Crippen molar-refractivity contribution in [1.29, 1.82) is 0 Å². The molecule has 0 aromatic heterocycles. The van der Waals surface area contributed by atoms with E-state index in [0.29, 0.717) is 18.9 Å². The highest BCUT2D eigenvalue weighted by Gasteiger charge is 2.28. The van der Waals surface area contributed by atoms with Gasteiger partial charge in [-0.2, -0.15) is 0 Å². The lowest BCUT2D eigenvalue weighted by molar-refractivity contribution is -0.0284. The number of methoxy groups -OCH3 is 1. The minimum absolute atomic E-state index is 0.218. The summed E-state index contributed by atoms with van der Waals surface area (Å²) in [4.78, 5) is 5.26. The van der Waals surface area contributed by atoms with Crippen LogP contribution in [0.25, 0.3) is 0 Å². The van der Waals surface area contributed by atoms with E-state index in [2.05, 4.69) is 0 Å². The molecule has 0 bridgehead atoms. The summed E-state index contributed by atoms with van der Waals surface area (Å²) in [6, 6.07) is 6.25. The molecular formula is C10H13NO4S. The van der Waals surface area contributed by atoms with Crippen molar-refractivity contribution in [2.45, 2.75) is 11.3 Å². The zero-order valence-corrected chi connectivity index (χ0v) is 9.74. The van der Waals surface area contributed by atoms with Gasteiger partial charge in [-0.15, -0.1) is 0 Å². The smallest absolute Gasteiger partial charge is 0.265 e. The number of ether oxygens (including phenoxy) is 1. The standard InChI is InChI=1S/C10H13NO4S/c1-14-9-3-5-10(6-4-9)16(12,13)11-7-2-8-15-11/h3-6H,2,7-8H2,1H3. The summed E-state index contributed by atoms with van der Waals surface area (Å²) in [5.41, 5.74) is 0. The second kappa shape index (κ2) is 4.40. The minimum Gasteiger partial charge on any atom is -0.497 e. The van der Waals surface area contributed by atoms with E-state index in [1.54, 1.807) is 12.1 Å². The molecule has 1 aromatic carbocycles. The summed E-state index contributed by atoms with van der Waals surface area (Å²) in [5.74, 6) is 0.626. The summed E-state index contributed by atoms with van der Waals surface area (Å²) in [7, 11) is -1.97. The quantitative estimate of drug-likeness (QED) is 0.795. The van der Waals surface area contributed by atoms with Crippen LogP contribution in [0, 0.1) is 0 Å². The molecule has 1 aromatic rings. The maximum absolute atomic E-state index is 12.0. The first-order chi connectivity index (χ1) is 7.64. The van der Waals surface area contributed by atoms with Crippen LogP contribution in [0.15, 0.2) is 29.2 Å². The van der Waals surface area contributed by atoms with Crippen LogP contribution in [-0.2, 0) is 14.9 Å². The van der Waals surface area contributed by atoms with Gasteiger partial charge in [0.2, 0.25) is 0 Å². The Kier molecular flexibility index (Phi) is 3.13. The number of hydrogen-bond donors (Lipinski definition) is 0. The zero-order chi connectivity index (χ0) is 11.6. The molecule has 0 amide bonds. The third-order valence-corrected chi connectivity index (χ3v) is 4.04. The molecule has 1 heterocycles. The Balaban J connectivity index is 2.28. The molecule has 0 saturated carbocycles. The van der Waals surface area contributed by atoms with E-state index in [0.717, 1.165) is 10.9 Å². The second-order valence-electron chi connectivity index (χ2n) is 3.39. The van der Waals surface area contributed by atoms with Crippen LogP contribution >= 0.6 is 0 Å². The van der Waals surface area contributed by atoms with Crippen LogP contribution in [0.2, 0.25) is 0 Å². The van der Waals surface area contributed by atoms with Crippen molar-refractivity contribution < 1.29 is 18.0 Å². The maximum atomic E-state index is 12.0. The summed E-state index contributed by atoms with van der Waals surface area (Å²) in [6.07, 6.45) is 0.732. The van der Waals surface area contributed by atoms with Gasteiger partial charge in [0.1, 0.15) is 5.75 Å². The van der Waals surface area contributed by atoms with Gasteiger partial charge >= 0.3 is 0 Å². The Morgan fingerprint density at radius 2 is 2.00 bits per heavy atom. The molecule has 2 rings (SSSR count). The van der Waals surface area contributed by atoms with Gasteiger partial charge in [0.25, 0.3) is 10.0 Å². The van der Waals surface area contributed by atoms with E-state index < -0.39 is 10.0 Å². The fraction of sp³-hybridized carbons (Fsp3) is 0.400. The number of sulfonamides is 1. The first kappa shape index (κ1) is 11.4. The van der Waals surface area contributed by atoms with Crippen molar-refractivity contribution in [3.05, 3.63) is 24.3 Å². The van der Waals surface area contributed by atoms with Crippen LogP contribution in [0.5, 0.6) is 5.75 Å². The van der Waals surface area contributed by atoms with Crippen molar-refractivity contribution in [2.75, 3.05) is 20.3 Å². The maximum Gasteiger partial charge on any atom is 0.265 e. The van der Waals surface area contributed by atoms with E-state index in [1.807, 2.05) is 0 Å². The van der Waals surface area contributed by atoms with Gasteiger partial charge in [-0.3, -0.25) is 4.84 Å². The molecule has 88 valence electrons. The molecule has 0 aliphatic carbocycles. The van der Waals surface area contributed by atoms with Gasteiger partial charge in [-0.1, -0.05) is 4.47 Å². The SMILES string of the molecule is COc1ccc(S(=O)(=O)N2CCCO2)cc1. The van der Waals surface area contributed by atoms with Crippen LogP contribution in [-0.4, -0.2) is 33.1 Å².